The Morgan fingerprint density at radius 3 is 2.79 bits per heavy atom. The zero-order chi connectivity index (χ0) is 10.0. The van der Waals surface area contributed by atoms with Crippen LogP contribution in [-0.2, 0) is 9.84 Å². The van der Waals surface area contributed by atoms with Gasteiger partial charge in [-0.2, -0.15) is 0 Å². The molecule has 0 radical (unpaired) electrons. The molecule has 5 heteroatoms. The summed E-state index contributed by atoms with van der Waals surface area (Å²) >= 11 is 0. The molecule has 0 bridgehead atoms. The Labute approximate surface area is 85.6 Å². The van der Waals surface area contributed by atoms with Gasteiger partial charge in [-0.15, -0.1) is 0 Å². The Hall–Kier alpha value is -0.130. The number of rotatable bonds is 1. The van der Waals surface area contributed by atoms with E-state index in [0.717, 1.165) is 39.0 Å². The van der Waals surface area contributed by atoms with Crippen LogP contribution in [0, 0.1) is 0 Å². The minimum atomic E-state index is -2.72. The summed E-state index contributed by atoms with van der Waals surface area (Å²) in [6.07, 6.45) is 1.97. The molecular formula is C9H18N2O2S. The Bertz CT molecular complexity index is 281. The molecule has 2 fully saturated rings. The maximum Gasteiger partial charge on any atom is 0.151 e. The van der Waals surface area contributed by atoms with Gasteiger partial charge in [0.05, 0.1) is 11.5 Å². The molecule has 1 unspecified atom stereocenters. The minimum absolute atomic E-state index is 0.292. The molecule has 2 aliphatic rings. The van der Waals surface area contributed by atoms with Gasteiger partial charge < -0.3 is 5.32 Å². The fourth-order valence-corrected chi connectivity index (χ4v) is 4.06. The lowest BCUT2D eigenvalue weighted by Crippen LogP contribution is -2.38. The normalized spacial score (nSPS) is 34.1. The first-order valence-corrected chi connectivity index (χ1v) is 7.15. The van der Waals surface area contributed by atoms with Crippen molar-refractivity contribution >= 4 is 9.84 Å². The van der Waals surface area contributed by atoms with E-state index >= 15 is 0 Å². The molecule has 1 atom stereocenters. The summed E-state index contributed by atoms with van der Waals surface area (Å²) in [4.78, 5) is 2.34. The summed E-state index contributed by atoms with van der Waals surface area (Å²) in [5.41, 5.74) is 0. The maximum atomic E-state index is 11.3. The molecule has 1 N–H and O–H groups in total. The van der Waals surface area contributed by atoms with Crippen molar-refractivity contribution in [3.63, 3.8) is 0 Å². The average Bonchev–Trinajstić information content (AvgIpc) is 2.42. The third-order valence-electron chi connectivity index (χ3n) is 3.10. The van der Waals surface area contributed by atoms with Gasteiger partial charge in [0, 0.05) is 19.1 Å². The molecule has 0 aliphatic carbocycles. The van der Waals surface area contributed by atoms with Crippen LogP contribution in [-0.4, -0.2) is 57.0 Å². The predicted molar refractivity (Wildman–Crippen MR) is 56.1 cm³/mol. The molecule has 0 amide bonds. The molecule has 2 heterocycles. The van der Waals surface area contributed by atoms with Gasteiger partial charge in [0.1, 0.15) is 0 Å². The van der Waals surface area contributed by atoms with Crippen LogP contribution < -0.4 is 5.32 Å². The Morgan fingerprint density at radius 2 is 2.07 bits per heavy atom. The van der Waals surface area contributed by atoms with Crippen molar-refractivity contribution in [2.45, 2.75) is 18.9 Å². The Kier molecular flexibility index (Phi) is 3.09. The molecular weight excluding hydrogens is 200 g/mol. The van der Waals surface area contributed by atoms with E-state index in [1.807, 2.05) is 0 Å². The van der Waals surface area contributed by atoms with Crippen LogP contribution >= 0.6 is 0 Å². The summed E-state index contributed by atoms with van der Waals surface area (Å²) in [5, 5.41) is 3.33. The third-order valence-corrected chi connectivity index (χ3v) is 4.85. The number of hydrogen-bond acceptors (Lipinski definition) is 4. The van der Waals surface area contributed by atoms with Gasteiger partial charge in [-0.05, 0) is 25.9 Å². The molecule has 2 aliphatic heterocycles. The van der Waals surface area contributed by atoms with E-state index < -0.39 is 9.84 Å². The number of hydrogen-bond donors (Lipinski definition) is 1. The second kappa shape index (κ2) is 4.16. The Morgan fingerprint density at radius 1 is 1.21 bits per heavy atom. The minimum Gasteiger partial charge on any atom is -0.315 e. The topological polar surface area (TPSA) is 49.4 Å². The van der Waals surface area contributed by atoms with Gasteiger partial charge in [-0.1, -0.05) is 0 Å². The highest BCUT2D eigenvalue weighted by atomic mass is 32.2. The first-order valence-electron chi connectivity index (χ1n) is 5.32. The van der Waals surface area contributed by atoms with E-state index in [9.17, 15) is 8.42 Å². The summed E-state index contributed by atoms with van der Waals surface area (Å²) in [7, 11) is -2.72. The van der Waals surface area contributed by atoms with Crippen molar-refractivity contribution in [3.05, 3.63) is 0 Å². The van der Waals surface area contributed by atoms with Crippen LogP contribution in [0.1, 0.15) is 12.8 Å². The first-order chi connectivity index (χ1) is 6.67. The number of nitrogens with zero attached hydrogens (tertiary/aromatic N) is 1. The van der Waals surface area contributed by atoms with Crippen molar-refractivity contribution in [3.8, 4) is 0 Å². The molecule has 0 aromatic heterocycles. The van der Waals surface area contributed by atoms with Crippen LogP contribution in [0.25, 0.3) is 0 Å². The second-order valence-corrected chi connectivity index (χ2v) is 6.43. The summed E-state index contributed by atoms with van der Waals surface area (Å²) in [6.45, 7) is 4.11. The van der Waals surface area contributed by atoms with Crippen molar-refractivity contribution in [1.82, 2.24) is 10.2 Å². The van der Waals surface area contributed by atoms with Gasteiger partial charge in [-0.25, -0.2) is 8.42 Å². The monoisotopic (exact) mass is 218 g/mol. The van der Waals surface area contributed by atoms with E-state index in [-0.39, 0.29) is 0 Å². The van der Waals surface area contributed by atoms with Crippen LogP contribution in [0.5, 0.6) is 0 Å². The van der Waals surface area contributed by atoms with E-state index in [1.165, 1.54) is 0 Å². The highest BCUT2D eigenvalue weighted by molar-refractivity contribution is 7.91. The highest BCUT2D eigenvalue weighted by Crippen LogP contribution is 2.18. The molecule has 0 spiro atoms. The van der Waals surface area contributed by atoms with Gasteiger partial charge in [0.2, 0.25) is 0 Å². The molecule has 2 saturated heterocycles. The maximum absolute atomic E-state index is 11.3. The van der Waals surface area contributed by atoms with E-state index in [4.69, 9.17) is 0 Å². The first kappa shape index (κ1) is 10.4. The zero-order valence-electron chi connectivity index (χ0n) is 8.41. The van der Waals surface area contributed by atoms with Gasteiger partial charge in [-0.3, -0.25) is 4.90 Å². The van der Waals surface area contributed by atoms with Gasteiger partial charge >= 0.3 is 0 Å². The van der Waals surface area contributed by atoms with Crippen molar-refractivity contribution < 1.29 is 8.42 Å². The molecule has 82 valence electrons. The smallest absolute Gasteiger partial charge is 0.151 e. The summed E-state index contributed by atoms with van der Waals surface area (Å²) in [5.74, 6) is 0.772. The molecule has 2 rings (SSSR count). The fourth-order valence-electron chi connectivity index (χ4n) is 2.30. The van der Waals surface area contributed by atoms with E-state index in [1.54, 1.807) is 0 Å². The third kappa shape index (κ3) is 2.46. The van der Waals surface area contributed by atoms with Crippen molar-refractivity contribution in [1.29, 1.82) is 0 Å². The van der Waals surface area contributed by atoms with Crippen LogP contribution in [0.2, 0.25) is 0 Å². The lowest BCUT2D eigenvalue weighted by Gasteiger charge is -2.25. The largest absolute Gasteiger partial charge is 0.315 e. The SMILES string of the molecule is O=S1(=O)CCC(N2CCCNCC2)C1. The molecule has 0 aromatic carbocycles. The molecule has 14 heavy (non-hydrogen) atoms. The van der Waals surface area contributed by atoms with Gasteiger partial charge in [0.15, 0.2) is 9.84 Å². The number of nitrogens with one attached hydrogen (secondary N) is 1. The van der Waals surface area contributed by atoms with Crippen LogP contribution in [0.4, 0.5) is 0 Å². The molecule has 0 saturated carbocycles. The zero-order valence-corrected chi connectivity index (χ0v) is 9.22. The highest BCUT2D eigenvalue weighted by Gasteiger charge is 2.31. The quantitative estimate of drug-likeness (QED) is 0.643. The van der Waals surface area contributed by atoms with Crippen molar-refractivity contribution in [2.75, 3.05) is 37.7 Å². The lowest BCUT2D eigenvalue weighted by molar-refractivity contribution is 0.227. The lowest BCUT2D eigenvalue weighted by atomic mass is 10.2. The van der Waals surface area contributed by atoms with Crippen LogP contribution in [0.15, 0.2) is 0 Å². The second-order valence-electron chi connectivity index (χ2n) is 4.20. The van der Waals surface area contributed by atoms with E-state index in [2.05, 4.69) is 10.2 Å². The predicted octanol–water partition coefficient (Wildman–Crippen LogP) is -0.531. The standard InChI is InChI=1S/C9H18N2O2S/c12-14(13)7-2-9(8-14)11-5-1-3-10-4-6-11/h9-10H,1-8H2. The van der Waals surface area contributed by atoms with Crippen LogP contribution in [0.3, 0.4) is 0 Å². The summed E-state index contributed by atoms with van der Waals surface area (Å²) in [6, 6.07) is 0.292. The molecule has 4 nitrogen and oxygen atoms in total. The van der Waals surface area contributed by atoms with E-state index in [0.29, 0.717) is 17.5 Å². The average molecular weight is 218 g/mol. The van der Waals surface area contributed by atoms with Crippen molar-refractivity contribution in [2.24, 2.45) is 0 Å². The molecule has 0 aromatic rings. The summed E-state index contributed by atoms with van der Waals surface area (Å²) < 4.78 is 22.7. The number of sulfone groups is 1. The van der Waals surface area contributed by atoms with Gasteiger partial charge in [0.25, 0.3) is 0 Å². The Balaban J connectivity index is 1.94. The fraction of sp³-hybridized carbons (Fsp3) is 1.00.